The van der Waals surface area contributed by atoms with Gasteiger partial charge >= 0.3 is 0 Å². The number of benzene rings is 1. The topological polar surface area (TPSA) is 52.6 Å². The highest BCUT2D eigenvalue weighted by molar-refractivity contribution is 8.13. The van der Waals surface area contributed by atoms with Gasteiger partial charge in [0, 0.05) is 22.7 Å². The summed E-state index contributed by atoms with van der Waals surface area (Å²) >= 11 is 0. The van der Waals surface area contributed by atoms with Crippen LogP contribution in [-0.2, 0) is 9.05 Å². The van der Waals surface area contributed by atoms with Crippen LogP contribution in [0.25, 0.3) is 0 Å². The predicted octanol–water partition coefficient (Wildman–Crippen LogP) is 3.06. The quantitative estimate of drug-likeness (QED) is 0.693. The third kappa shape index (κ3) is 6.68. The minimum Gasteiger partial charge on any atom is -0.494 e. The molecule has 0 bridgehead atoms. The lowest BCUT2D eigenvalue weighted by molar-refractivity contribution is 0.256. The van der Waals surface area contributed by atoms with Crippen LogP contribution in [0.5, 0.6) is 11.5 Å². The Morgan fingerprint density at radius 1 is 1.21 bits per heavy atom. The molecule has 1 unspecified atom stereocenters. The van der Waals surface area contributed by atoms with Gasteiger partial charge in [0.05, 0.1) is 19.0 Å². The summed E-state index contributed by atoms with van der Waals surface area (Å²) < 4.78 is 33.0. The van der Waals surface area contributed by atoms with Crippen molar-refractivity contribution in [2.75, 3.05) is 19.0 Å². The second kappa shape index (κ2) is 7.60. The number of hydrogen-bond acceptors (Lipinski definition) is 4. The second-order valence-corrected chi connectivity index (χ2v) is 7.02. The lowest BCUT2D eigenvalue weighted by Gasteiger charge is -2.14. The number of hydrogen-bond donors (Lipinski definition) is 0. The molecule has 1 atom stereocenters. The lowest BCUT2D eigenvalue weighted by Crippen LogP contribution is -2.19. The largest absolute Gasteiger partial charge is 0.494 e. The van der Waals surface area contributed by atoms with Crippen LogP contribution in [0.1, 0.15) is 20.3 Å². The smallest absolute Gasteiger partial charge is 0.232 e. The van der Waals surface area contributed by atoms with Gasteiger partial charge in [-0.3, -0.25) is 0 Å². The van der Waals surface area contributed by atoms with Gasteiger partial charge in [-0.05, 0) is 25.5 Å². The Kier molecular flexibility index (Phi) is 6.45. The van der Waals surface area contributed by atoms with Crippen molar-refractivity contribution >= 4 is 19.7 Å². The zero-order chi connectivity index (χ0) is 14.3. The molecule has 0 saturated heterocycles. The van der Waals surface area contributed by atoms with E-state index in [4.69, 9.17) is 20.2 Å². The van der Waals surface area contributed by atoms with E-state index in [1.165, 1.54) is 0 Å². The predicted molar refractivity (Wildman–Crippen MR) is 76.5 cm³/mol. The van der Waals surface area contributed by atoms with E-state index in [0.29, 0.717) is 25.4 Å². The van der Waals surface area contributed by atoms with E-state index in [0.717, 1.165) is 5.75 Å². The van der Waals surface area contributed by atoms with Crippen molar-refractivity contribution in [1.82, 2.24) is 0 Å². The van der Waals surface area contributed by atoms with Crippen molar-refractivity contribution in [2.24, 2.45) is 5.92 Å². The van der Waals surface area contributed by atoms with Crippen molar-refractivity contribution in [2.45, 2.75) is 20.3 Å². The molecule has 0 amide bonds. The minimum absolute atomic E-state index is 0.0732. The summed E-state index contributed by atoms with van der Waals surface area (Å²) in [6.07, 6.45) is 0.692. The van der Waals surface area contributed by atoms with Crippen molar-refractivity contribution in [3.63, 3.8) is 0 Å². The molecule has 0 aliphatic heterocycles. The summed E-state index contributed by atoms with van der Waals surface area (Å²) in [5.74, 6) is 1.21. The summed E-state index contributed by atoms with van der Waals surface area (Å²) in [4.78, 5) is 0. The van der Waals surface area contributed by atoms with Gasteiger partial charge in [0.15, 0.2) is 0 Å². The minimum atomic E-state index is -3.49. The maximum Gasteiger partial charge on any atom is 0.232 e. The van der Waals surface area contributed by atoms with Gasteiger partial charge in [0.2, 0.25) is 9.05 Å². The molecule has 0 aromatic heterocycles. The Hall–Kier alpha value is -0.940. The second-order valence-electron chi connectivity index (χ2n) is 4.20. The molecule has 0 aliphatic carbocycles. The Balaban J connectivity index is 2.57. The highest BCUT2D eigenvalue weighted by atomic mass is 35.7. The molecule has 1 aromatic carbocycles. The maximum atomic E-state index is 11.0. The van der Waals surface area contributed by atoms with Gasteiger partial charge in [0.1, 0.15) is 11.5 Å². The Labute approximate surface area is 119 Å². The van der Waals surface area contributed by atoms with Crippen LogP contribution in [0.4, 0.5) is 0 Å². The normalized spacial score (nSPS) is 13.0. The first-order valence-electron chi connectivity index (χ1n) is 6.22. The summed E-state index contributed by atoms with van der Waals surface area (Å²) in [6.45, 7) is 4.72. The first-order chi connectivity index (χ1) is 8.94. The van der Waals surface area contributed by atoms with Crippen molar-refractivity contribution in [1.29, 1.82) is 0 Å². The highest BCUT2D eigenvalue weighted by Crippen LogP contribution is 2.20. The summed E-state index contributed by atoms with van der Waals surface area (Å²) in [6, 6.07) is 7.27. The third-order valence-electron chi connectivity index (χ3n) is 2.61. The first-order valence-corrected chi connectivity index (χ1v) is 8.70. The van der Waals surface area contributed by atoms with E-state index >= 15 is 0 Å². The number of halogens is 1. The van der Waals surface area contributed by atoms with Gasteiger partial charge in [-0.1, -0.05) is 13.0 Å². The molecule has 0 heterocycles. The van der Waals surface area contributed by atoms with Gasteiger partial charge in [-0.15, -0.1) is 0 Å². The lowest BCUT2D eigenvalue weighted by atomic mass is 10.1. The molecule has 0 fully saturated rings. The molecule has 108 valence electrons. The fraction of sp³-hybridized carbons (Fsp3) is 0.538. The fourth-order valence-electron chi connectivity index (χ4n) is 1.60. The zero-order valence-electron chi connectivity index (χ0n) is 11.1. The van der Waals surface area contributed by atoms with Gasteiger partial charge < -0.3 is 9.47 Å². The molecule has 1 rings (SSSR count). The summed E-state index contributed by atoms with van der Waals surface area (Å²) in [7, 11) is 1.76. The van der Waals surface area contributed by atoms with Crippen molar-refractivity contribution < 1.29 is 17.9 Å². The summed E-state index contributed by atoms with van der Waals surface area (Å²) in [5.41, 5.74) is 0. The van der Waals surface area contributed by atoms with Crippen molar-refractivity contribution in [3.05, 3.63) is 24.3 Å². The third-order valence-corrected chi connectivity index (χ3v) is 3.86. The van der Waals surface area contributed by atoms with E-state index in [-0.39, 0.29) is 11.7 Å². The summed E-state index contributed by atoms with van der Waals surface area (Å²) in [5, 5.41) is 0. The van der Waals surface area contributed by atoms with E-state index in [1.54, 1.807) is 6.07 Å². The monoisotopic (exact) mass is 306 g/mol. The Bertz CT molecular complexity index is 487. The zero-order valence-corrected chi connectivity index (χ0v) is 12.7. The SMILES string of the molecule is CCOc1cccc(OCC(CC)CS(=O)(=O)Cl)c1. The van der Waals surface area contributed by atoms with Crippen LogP contribution in [0, 0.1) is 5.92 Å². The Morgan fingerprint density at radius 3 is 2.37 bits per heavy atom. The van der Waals surface area contributed by atoms with E-state index in [2.05, 4.69) is 0 Å². The average Bonchev–Trinajstić information content (AvgIpc) is 2.34. The van der Waals surface area contributed by atoms with Crippen molar-refractivity contribution in [3.8, 4) is 11.5 Å². The molecule has 0 radical (unpaired) electrons. The number of ether oxygens (including phenoxy) is 2. The van der Waals surface area contributed by atoms with Crippen LogP contribution in [0.2, 0.25) is 0 Å². The molecule has 19 heavy (non-hydrogen) atoms. The number of rotatable bonds is 8. The van der Waals surface area contributed by atoms with Crippen LogP contribution in [0.3, 0.4) is 0 Å². The molecule has 0 N–H and O–H groups in total. The van der Waals surface area contributed by atoms with E-state index in [9.17, 15) is 8.42 Å². The molecule has 1 aromatic rings. The van der Waals surface area contributed by atoms with Crippen LogP contribution >= 0.6 is 10.7 Å². The molecule has 0 spiro atoms. The average molecular weight is 307 g/mol. The fourth-order valence-corrected chi connectivity index (χ4v) is 3.03. The van der Waals surface area contributed by atoms with Crippen LogP contribution < -0.4 is 9.47 Å². The van der Waals surface area contributed by atoms with Crippen LogP contribution in [0.15, 0.2) is 24.3 Å². The molecule has 6 heteroatoms. The van der Waals surface area contributed by atoms with E-state index in [1.807, 2.05) is 32.0 Å². The molecule has 4 nitrogen and oxygen atoms in total. The molecular formula is C13H19ClO4S. The molecule has 0 saturated carbocycles. The molecular weight excluding hydrogens is 288 g/mol. The van der Waals surface area contributed by atoms with Gasteiger partial charge in [0.25, 0.3) is 0 Å². The molecule has 0 aliphatic rings. The van der Waals surface area contributed by atoms with Gasteiger partial charge in [-0.25, -0.2) is 8.42 Å². The van der Waals surface area contributed by atoms with Crippen LogP contribution in [-0.4, -0.2) is 27.4 Å². The maximum absolute atomic E-state index is 11.0. The van der Waals surface area contributed by atoms with E-state index < -0.39 is 9.05 Å². The highest BCUT2D eigenvalue weighted by Gasteiger charge is 2.16. The van der Waals surface area contributed by atoms with Gasteiger partial charge in [-0.2, -0.15) is 0 Å². The first kappa shape index (κ1) is 16.1. The Morgan fingerprint density at radius 2 is 1.84 bits per heavy atom. The standard InChI is InChI=1S/C13H19ClO4S/c1-3-11(10-19(14,15)16)9-18-13-7-5-6-12(8-13)17-4-2/h5-8,11H,3-4,9-10H2,1-2H3.